The van der Waals surface area contributed by atoms with Crippen LogP contribution in [-0.2, 0) is 4.79 Å². The zero-order chi connectivity index (χ0) is 14.4. The van der Waals surface area contributed by atoms with Gasteiger partial charge < -0.3 is 10.2 Å². The van der Waals surface area contributed by atoms with E-state index >= 15 is 0 Å². The highest BCUT2D eigenvalue weighted by molar-refractivity contribution is 7.20. The Hall–Kier alpha value is -1.88. The molecule has 2 amide bonds. The summed E-state index contributed by atoms with van der Waals surface area (Å²) in [6, 6.07) is 10.3. The molecule has 4 rings (SSSR count). The van der Waals surface area contributed by atoms with Gasteiger partial charge in [0, 0.05) is 23.7 Å². The molecule has 108 valence electrons. The maximum atomic E-state index is 12.3. The monoisotopic (exact) mass is 300 g/mol. The number of carbonyl (C=O) groups excluding carboxylic acids is 2. The minimum absolute atomic E-state index is 0.0455. The number of rotatable bonds is 3. The number of thiophene rings is 1. The van der Waals surface area contributed by atoms with E-state index < -0.39 is 0 Å². The van der Waals surface area contributed by atoms with E-state index in [9.17, 15) is 9.59 Å². The number of nitrogens with one attached hydrogen (secondary N) is 1. The summed E-state index contributed by atoms with van der Waals surface area (Å²) < 4.78 is 1.12. The Morgan fingerprint density at radius 3 is 2.86 bits per heavy atom. The van der Waals surface area contributed by atoms with Crippen LogP contribution in [0.3, 0.4) is 0 Å². The van der Waals surface area contributed by atoms with Crippen molar-refractivity contribution in [1.82, 2.24) is 10.2 Å². The number of hydrogen-bond acceptors (Lipinski definition) is 3. The van der Waals surface area contributed by atoms with Crippen molar-refractivity contribution in [2.24, 2.45) is 0 Å². The predicted octanol–water partition coefficient (Wildman–Crippen LogP) is 2.39. The zero-order valence-electron chi connectivity index (χ0n) is 11.5. The van der Waals surface area contributed by atoms with Crippen molar-refractivity contribution in [2.45, 2.75) is 31.3 Å². The average Bonchev–Trinajstić information content (AvgIpc) is 3.11. The lowest BCUT2D eigenvalue weighted by Gasteiger charge is -2.15. The predicted molar refractivity (Wildman–Crippen MR) is 82.4 cm³/mol. The summed E-state index contributed by atoms with van der Waals surface area (Å²) in [4.78, 5) is 26.9. The summed E-state index contributed by atoms with van der Waals surface area (Å²) in [5, 5.41) is 4.10. The van der Waals surface area contributed by atoms with Gasteiger partial charge in [-0.05, 0) is 30.4 Å². The molecule has 1 N–H and O–H groups in total. The minimum Gasteiger partial charge on any atom is -0.346 e. The van der Waals surface area contributed by atoms with Crippen molar-refractivity contribution in [3.05, 3.63) is 35.2 Å². The molecule has 1 aromatic heterocycles. The molecule has 0 spiro atoms. The van der Waals surface area contributed by atoms with Gasteiger partial charge in [0.05, 0.1) is 10.9 Å². The number of benzene rings is 1. The van der Waals surface area contributed by atoms with E-state index in [4.69, 9.17) is 0 Å². The van der Waals surface area contributed by atoms with Crippen LogP contribution in [0.15, 0.2) is 30.3 Å². The van der Waals surface area contributed by atoms with Crippen LogP contribution in [0.4, 0.5) is 0 Å². The molecule has 5 heteroatoms. The summed E-state index contributed by atoms with van der Waals surface area (Å²) in [6.07, 6.45) is 2.67. The third-order valence-corrected chi connectivity index (χ3v) is 5.25. The standard InChI is InChI=1S/C16H16N2O2S/c19-15-8-11(9-18(15)12-5-6-12)17-16(20)14-7-10-3-1-2-4-13(10)21-14/h1-4,7,11-12H,5-6,8-9H2,(H,17,20)/t11-/m1/s1. The molecule has 2 heterocycles. The lowest BCUT2D eigenvalue weighted by atomic mass is 10.2. The molecule has 2 aromatic rings. The molecule has 1 aliphatic heterocycles. The highest BCUT2D eigenvalue weighted by Gasteiger charge is 2.39. The molecule has 0 radical (unpaired) electrons. The Balaban J connectivity index is 1.47. The van der Waals surface area contributed by atoms with E-state index in [1.54, 1.807) is 0 Å². The van der Waals surface area contributed by atoms with Crippen molar-refractivity contribution < 1.29 is 9.59 Å². The topological polar surface area (TPSA) is 49.4 Å². The first-order valence-corrected chi connectivity index (χ1v) is 8.11. The Morgan fingerprint density at radius 2 is 2.10 bits per heavy atom. The maximum absolute atomic E-state index is 12.3. The van der Waals surface area contributed by atoms with Gasteiger partial charge in [-0.15, -0.1) is 11.3 Å². The normalized spacial score (nSPS) is 22.0. The number of amides is 2. The van der Waals surface area contributed by atoms with Crippen LogP contribution < -0.4 is 5.32 Å². The molecule has 1 aliphatic carbocycles. The van der Waals surface area contributed by atoms with Gasteiger partial charge in [0.1, 0.15) is 0 Å². The second-order valence-corrected chi connectivity index (χ2v) is 6.88. The highest BCUT2D eigenvalue weighted by atomic mass is 32.1. The highest BCUT2D eigenvalue weighted by Crippen LogP contribution is 2.31. The second-order valence-electron chi connectivity index (χ2n) is 5.80. The second kappa shape index (κ2) is 4.84. The fourth-order valence-electron chi connectivity index (χ4n) is 2.92. The number of nitrogens with zero attached hydrogens (tertiary/aromatic N) is 1. The van der Waals surface area contributed by atoms with Gasteiger partial charge >= 0.3 is 0 Å². The summed E-state index contributed by atoms with van der Waals surface area (Å²) in [5.41, 5.74) is 0. The van der Waals surface area contributed by atoms with E-state index in [0.29, 0.717) is 23.9 Å². The number of hydrogen-bond donors (Lipinski definition) is 1. The molecule has 0 unspecified atom stereocenters. The largest absolute Gasteiger partial charge is 0.346 e. The summed E-state index contributed by atoms with van der Waals surface area (Å²) in [6.45, 7) is 0.667. The molecule has 0 bridgehead atoms. The molecule has 1 saturated heterocycles. The minimum atomic E-state index is -0.0633. The molecule has 2 fully saturated rings. The zero-order valence-corrected chi connectivity index (χ0v) is 12.4. The van der Waals surface area contributed by atoms with Crippen LogP contribution in [0.25, 0.3) is 10.1 Å². The van der Waals surface area contributed by atoms with Crippen LogP contribution in [0, 0.1) is 0 Å². The van der Waals surface area contributed by atoms with Gasteiger partial charge in [0.2, 0.25) is 5.91 Å². The first-order valence-electron chi connectivity index (χ1n) is 7.29. The molecule has 2 aliphatic rings. The SMILES string of the molecule is O=C(N[C@@H]1CC(=O)N(C2CC2)C1)c1cc2ccccc2s1. The fourth-order valence-corrected chi connectivity index (χ4v) is 3.88. The van der Waals surface area contributed by atoms with Gasteiger partial charge in [-0.2, -0.15) is 0 Å². The van der Waals surface area contributed by atoms with Crippen LogP contribution in [0.1, 0.15) is 28.9 Å². The Labute approximate surface area is 126 Å². The van der Waals surface area contributed by atoms with Crippen molar-refractivity contribution >= 4 is 33.2 Å². The molecule has 21 heavy (non-hydrogen) atoms. The fraction of sp³-hybridized carbons (Fsp3) is 0.375. The number of likely N-dealkylation sites (tertiary alicyclic amines) is 1. The summed E-state index contributed by atoms with van der Waals surface area (Å²) in [5.74, 6) is 0.116. The summed E-state index contributed by atoms with van der Waals surface area (Å²) in [7, 11) is 0. The average molecular weight is 300 g/mol. The van der Waals surface area contributed by atoms with Crippen LogP contribution in [-0.4, -0.2) is 35.3 Å². The third kappa shape index (κ3) is 2.42. The lowest BCUT2D eigenvalue weighted by molar-refractivity contribution is -0.128. The summed E-state index contributed by atoms with van der Waals surface area (Å²) >= 11 is 1.50. The molecule has 1 saturated carbocycles. The Bertz CT molecular complexity index is 687. The van der Waals surface area contributed by atoms with Crippen LogP contribution in [0.5, 0.6) is 0 Å². The van der Waals surface area contributed by atoms with Gasteiger partial charge in [-0.25, -0.2) is 0 Å². The first-order chi connectivity index (χ1) is 10.2. The van der Waals surface area contributed by atoms with Crippen molar-refractivity contribution in [3.63, 3.8) is 0 Å². The Kier molecular flexibility index (Phi) is 2.96. The van der Waals surface area contributed by atoms with Crippen molar-refractivity contribution in [3.8, 4) is 0 Å². The van der Waals surface area contributed by atoms with E-state index in [2.05, 4.69) is 5.32 Å². The smallest absolute Gasteiger partial charge is 0.261 e. The van der Waals surface area contributed by atoms with E-state index in [1.165, 1.54) is 11.3 Å². The van der Waals surface area contributed by atoms with E-state index in [1.807, 2.05) is 35.2 Å². The Morgan fingerprint density at radius 1 is 1.29 bits per heavy atom. The molecule has 4 nitrogen and oxygen atoms in total. The van der Waals surface area contributed by atoms with Crippen LogP contribution in [0.2, 0.25) is 0 Å². The number of carbonyl (C=O) groups is 2. The molecular formula is C16H16N2O2S. The van der Waals surface area contributed by atoms with Crippen molar-refractivity contribution in [1.29, 1.82) is 0 Å². The van der Waals surface area contributed by atoms with E-state index in [0.717, 1.165) is 22.9 Å². The van der Waals surface area contributed by atoms with Crippen LogP contribution >= 0.6 is 11.3 Å². The third-order valence-electron chi connectivity index (χ3n) is 4.13. The number of fused-ring (bicyclic) bond motifs is 1. The quantitative estimate of drug-likeness (QED) is 0.946. The first kappa shape index (κ1) is 12.8. The van der Waals surface area contributed by atoms with Gasteiger partial charge in [-0.3, -0.25) is 9.59 Å². The van der Waals surface area contributed by atoms with Gasteiger partial charge in [-0.1, -0.05) is 18.2 Å². The molecule has 1 aromatic carbocycles. The van der Waals surface area contributed by atoms with E-state index in [-0.39, 0.29) is 17.9 Å². The maximum Gasteiger partial charge on any atom is 0.261 e. The lowest BCUT2D eigenvalue weighted by Crippen LogP contribution is -2.37. The van der Waals surface area contributed by atoms with Crippen molar-refractivity contribution in [2.75, 3.05) is 6.54 Å². The van der Waals surface area contributed by atoms with Gasteiger partial charge in [0.25, 0.3) is 5.91 Å². The van der Waals surface area contributed by atoms with Gasteiger partial charge in [0.15, 0.2) is 0 Å². The molecule has 1 atom stereocenters. The molecular weight excluding hydrogens is 284 g/mol.